The van der Waals surface area contributed by atoms with E-state index in [-0.39, 0.29) is 28.6 Å². The van der Waals surface area contributed by atoms with Gasteiger partial charge in [-0.3, -0.25) is 9.59 Å². The third kappa shape index (κ3) is 3.69. The monoisotopic (exact) mass is 362 g/mol. The Labute approximate surface area is 149 Å². The quantitative estimate of drug-likeness (QED) is 0.591. The molecular formula is C18H18O8. The average Bonchev–Trinajstić information content (AvgIpc) is 2.59. The van der Waals surface area contributed by atoms with Gasteiger partial charge in [-0.05, 0) is 23.6 Å². The number of hydrogen-bond acceptors (Lipinski definition) is 8. The van der Waals surface area contributed by atoms with Crippen LogP contribution in [-0.2, 0) is 14.3 Å². The third-order valence-corrected chi connectivity index (χ3v) is 3.42. The van der Waals surface area contributed by atoms with Crippen LogP contribution in [-0.4, -0.2) is 39.2 Å². The summed E-state index contributed by atoms with van der Waals surface area (Å²) in [6.45, 7) is 2.45. The maximum Gasteiger partial charge on any atom is 0.338 e. The lowest BCUT2D eigenvalue weighted by atomic mass is 10.0. The number of carbonyl (C=O) groups is 3. The van der Waals surface area contributed by atoms with Gasteiger partial charge in [0.05, 0.1) is 32.3 Å². The van der Waals surface area contributed by atoms with Crippen LogP contribution in [0.25, 0.3) is 10.8 Å². The minimum Gasteiger partial charge on any atom is -0.493 e. The maximum atomic E-state index is 11.9. The van der Waals surface area contributed by atoms with Crippen LogP contribution in [0.5, 0.6) is 23.0 Å². The smallest absolute Gasteiger partial charge is 0.338 e. The zero-order valence-electron chi connectivity index (χ0n) is 15.0. The van der Waals surface area contributed by atoms with Gasteiger partial charge < -0.3 is 23.7 Å². The minimum absolute atomic E-state index is 0.0363. The maximum absolute atomic E-state index is 11.9. The molecule has 0 heterocycles. The highest BCUT2D eigenvalue weighted by molar-refractivity contribution is 6.04. The minimum atomic E-state index is -0.609. The Bertz CT molecular complexity index is 885. The van der Waals surface area contributed by atoms with Crippen molar-refractivity contribution in [2.75, 3.05) is 21.3 Å². The highest BCUT2D eigenvalue weighted by atomic mass is 16.6. The van der Waals surface area contributed by atoms with Crippen molar-refractivity contribution in [3.8, 4) is 23.0 Å². The summed E-state index contributed by atoms with van der Waals surface area (Å²) < 4.78 is 25.8. The van der Waals surface area contributed by atoms with Crippen LogP contribution in [0, 0.1) is 0 Å². The molecule has 0 aliphatic rings. The summed E-state index contributed by atoms with van der Waals surface area (Å²) in [7, 11) is 4.00. The Balaban J connectivity index is 2.91. The van der Waals surface area contributed by atoms with Gasteiger partial charge in [0, 0.05) is 13.8 Å². The standard InChI is InChI=1S/C18H18O8/c1-9(19)25-13-8-12(18(21)24-5)6-11-7-14(22-3)16(26-10(2)20)17(23-4)15(11)13/h6-8H,1-5H3. The first-order chi connectivity index (χ1) is 12.3. The molecule has 0 radical (unpaired) electrons. The van der Waals surface area contributed by atoms with Crippen molar-refractivity contribution in [2.45, 2.75) is 13.8 Å². The Kier molecular flexibility index (Phi) is 5.66. The number of ether oxygens (including phenoxy) is 5. The van der Waals surface area contributed by atoms with E-state index < -0.39 is 17.9 Å². The van der Waals surface area contributed by atoms with Crippen LogP contribution in [0.4, 0.5) is 0 Å². The van der Waals surface area contributed by atoms with E-state index in [9.17, 15) is 14.4 Å². The summed E-state index contributed by atoms with van der Waals surface area (Å²) in [4.78, 5) is 34.9. The molecule has 8 nitrogen and oxygen atoms in total. The largest absolute Gasteiger partial charge is 0.493 e. The van der Waals surface area contributed by atoms with Gasteiger partial charge in [0.1, 0.15) is 5.75 Å². The van der Waals surface area contributed by atoms with E-state index in [1.54, 1.807) is 0 Å². The molecule has 26 heavy (non-hydrogen) atoms. The van der Waals surface area contributed by atoms with E-state index in [1.165, 1.54) is 53.4 Å². The van der Waals surface area contributed by atoms with Crippen molar-refractivity contribution in [2.24, 2.45) is 0 Å². The normalized spacial score (nSPS) is 10.2. The molecule has 0 aromatic heterocycles. The molecule has 0 bridgehead atoms. The van der Waals surface area contributed by atoms with Crippen LogP contribution in [0.3, 0.4) is 0 Å². The fourth-order valence-corrected chi connectivity index (χ4v) is 2.48. The summed E-state index contributed by atoms with van der Waals surface area (Å²) in [6, 6.07) is 4.41. The Morgan fingerprint density at radius 1 is 0.769 bits per heavy atom. The van der Waals surface area contributed by atoms with E-state index in [1.807, 2.05) is 0 Å². The fraction of sp³-hybridized carbons (Fsp3) is 0.278. The summed E-state index contributed by atoms with van der Waals surface area (Å²) in [6.07, 6.45) is 0. The number of methoxy groups -OCH3 is 3. The molecule has 0 fully saturated rings. The lowest BCUT2D eigenvalue weighted by molar-refractivity contribution is -0.133. The van der Waals surface area contributed by atoms with Gasteiger partial charge in [-0.25, -0.2) is 4.79 Å². The fourth-order valence-electron chi connectivity index (χ4n) is 2.48. The highest BCUT2D eigenvalue weighted by Gasteiger charge is 2.23. The molecule has 2 rings (SSSR count). The molecule has 8 heteroatoms. The second-order valence-electron chi connectivity index (χ2n) is 5.19. The van der Waals surface area contributed by atoms with Crippen LogP contribution >= 0.6 is 0 Å². The number of carbonyl (C=O) groups excluding carboxylic acids is 3. The number of hydrogen-bond donors (Lipinski definition) is 0. The predicted molar refractivity (Wildman–Crippen MR) is 91.0 cm³/mol. The lowest BCUT2D eigenvalue weighted by Crippen LogP contribution is -2.08. The van der Waals surface area contributed by atoms with Gasteiger partial charge in [0.15, 0.2) is 11.5 Å². The first-order valence-electron chi connectivity index (χ1n) is 7.50. The highest BCUT2D eigenvalue weighted by Crippen LogP contribution is 2.47. The van der Waals surface area contributed by atoms with Crippen LogP contribution in [0.1, 0.15) is 24.2 Å². The molecule has 0 N–H and O–H groups in total. The molecule has 0 amide bonds. The lowest BCUT2D eigenvalue weighted by Gasteiger charge is -2.17. The summed E-state index contributed by atoms with van der Waals surface area (Å²) in [5.41, 5.74) is 0.167. The first kappa shape index (κ1) is 19.0. The molecule has 138 valence electrons. The van der Waals surface area contributed by atoms with E-state index >= 15 is 0 Å². The molecule has 0 saturated carbocycles. The molecule has 0 spiro atoms. The van der Waals surface area contributed by atoms with E-state index in [4.69, 9.17) is 23.7 Å². The molecular weight excluding hydrogens is 344 g/mol. The molecule has 2 aromatic carbocycles. The van der Waals surface area contributed by atoms with Gasteiger partial charge in [0.2, 0.25) is 5.75 Å². The Morgan fingerprint density at radius 3 is 1.92 bits per heavy atom. The second kappa shape index (κ2) is 7.73. The SMILES string of the molecule is COC(=O)c1cc(OC(C)=O)c2c(OC)c(OC(C)=O)c(OC)cc2c1. The number of rotatable bonds is 5. The molecule has 0 aliphatic carbocycles. The molecule has 0 atom stereocenters. The van der Waals surface area contributed by atoms with Crippen LogP contribution < -0.4 is 18.9 Å². The van der Waals surface area contributed by atoms with Gasteiger partial charge in [-0.1, -0.05) is 0 Å². The van der Waals surface area contributed by atoms with Gasteiger partial charge in [0.25, 0.3) is 0 Å². The third-order valence-electron chi connectivity index (χ3n) is 3.42. The number of esters is 3. The van der Waals surface area contributed by atoms with Crippen molar-refractivity contribution in [1.82, 2.24) is 0 Å². The van der Waals surface area contributed by atoms with E-state index in [0.717, 1.165) is 0 Å². The van der Waals surface area contributed by atoms with Gasteiger partial charge >= 0.3 is 17.9 Å². The number of fused-ring (bicyclic) bond motifs is 1. The summed E-state index contributed by atoms with van der Waals surface area (Å²) >= 11 is 0. The predicted octanol–water partition coefficient (Wildman–Crippen LogP) is 2.49. The van der Waals surface area contributed by atoms with Crippen molar-refractivity contribution in [3.05, 3.63) is 23.8 Å². The first-order valence-corrected chi connectivity index (χ1v) is 7.50. The van der Waals surface area contributed by atoms with Crippen molar-refractivity contribution in [1.29, 1.82) is 0 Å². The van der Waals surface area contributed by atoms with Gasteiger partial charge in [-0.2, -0.15) is 0 Å². The van der Waals surface area contributed by atoms with Crippen molar-refractivity contribution >= 4 is 28.7 Å². The molecule has 0 saturated heterocycles. The van der Waals surface area contributed by atoms with Crippen molar-refractivity contribution < 1.29 is 38.1 Å². The summed E-state index contributed by atoms with van der Waals surface area (Å²) in [5, 5.41) is 0.807. The Morgan fingerprint density at radius 2 is 1.42 bits per heavy atom. The zero-order valence-corrected chi connectivity index (χ0v) is 15.0. The molecule has 0 aliphatic heterocycles. The van der Waals surface area contributed by atoms with Crippen LogP contribution in [0.2, 0.25) is 0 Å². The Hall–Kier alpha value is -3.29. The molecule has 2 aromatic rings. The average molecular weight is 362 g/mol. The van der Waals surface area contributed by atoms with Crippen molar-refractivity contribution in [3.63, 3.8) is 0 Å². The summed E-state index contributed by atoms with van der Waals surface area (Å²) in [5.74, 6) is -1.36. The number of benzene rings is 2. The van der Waals surface area contributed by atoms with Gasteiger partial charge in [-0.15, -0.1) is 0 Å². The molecule has 0 unspecified atom stereocenters. The topological polar surface area (TPSA) is 97.4 Å². The second-order valence-corrected chi connectivity index (χ2v) is 5.19. The zero-order chi connectivity index (χ0) is 19.4. The van der Waals surface area contributed by atoms with Crippen LogP contribution in [0.15, 0.2) is 18.2 Å². The van der Waals surface area contributed by atoms with E-state index in [0.29, 0.717) is 10.8 Å². The van der Waals surface area contributed by atoms with E-state index in [2.05, 4.69) is 0 Å².